The minimum Gasteiger partial charge on any atom is -0.383 e. The zero-order valence-electron chi connectivity index (χ0n) is 10.6. The van der Waals surface area contributed by atoms with Gasteiger partial charge in [-0.05, 0) is 12.1 Å². The minimum absolute atomic E-state index is 0.436. The number of thioether (sulfide) groups is 1. The molecule has 0 amide bonds. The van der Waals surface area contributed by atoms with E-state index in [9.17, 15) is 0 Å². The van der Waals surface area contributed by atoms with Crippen LogP contribution in [0.15, 0.2) is 29.6 Å². The standard InChI is InChI=1S/C12H11ClN6S/c1-19-11-7(5-16-19)10(14)17-9(18-11)6-20-12-8(13)3-2-4-15-12/h2-5H,6H2,1H3,(H2,14,17,18). The van der Waals surface area contributed by atoms with Gasteiger partial charge in [-0.3, -0.25) is 4.68 Å². The Labute approximate surface area is 124 Å². The van der Waals surface area contributed by atoms with Gasteiger partial charge in [0.2, 0.25) is 0 Å². The zero-order valence-corrected chi connectivity index (χ0v) is 12.2. The number of rotatable bonds is 3. The van der Waals surface area contributed by atoms with E-state index in [2.05, 4.69) is 20.1 Å². The van der Waals surface area contributed by atoms with E-state index in [0.717, 1.165) is 16.1 Å². The number of aryl methyl sites for hydroxylation is 1. The molecule has 0 fully saturated rings. The second-order valence-electron chi connectivity index (χ2n) is 4.11. The van der Waals surface area contributed by atoms with Gasteiger partial charge in [-0.2, -0.15) is 5.10 Å². The van der Waals surface area contributed by atoms with Crippen molar-refractivity contribution in [3.63, 3.8) is 0 Å². The first kappa shape index (κ1) is 13.1. The monoisotopic (exact) mass is 306 g/mol. The molecule has 6 nitrogen and oxygen atoms in total. The SMILES string of the molecule is Cn1ncc2c(N)nc(CSc3ncccc3Cl)nc21. The number of hydrogen-bond acceptors (Lipinski definition) is 6. The predicted molar refractivity (Wildman–Crippen MR) is 79.5 cm³/mol. The van der Waals surface area contributed by atoms with Crippen molar-refractivity contribution in [1.82, 2.24) is 24.7 Å². The number of hydrogen-bond donors (Lipinski definition) is 1. The highest BCUT2D eigenvalue weighted by Gasteiger charge is 2.10. The smallest absolute Gasteiger partial charge is 0.163 e. The highest BCUT2D eigenvalue weighted by Crippen LogP contribution is 2.27. The van der Waals surface area contributed by atoms with E-state index in [1.54, 1.807) is 29.2 Å². The fraction of sp³-hybridized carbons (Fsp3) is 0.167. The van der Waals surface area contributed by atoms with Crippen LogP contribution in [0.2, 0.25) is 5.02 Å². The molecule has 0 aliphatic rings. The first-order chi connectivity index (χ1) is 9.65. The van der Waals surface area contributed by atoms with Crippen LogP contribution >= 0.6 is 23.4 Å². The molecule has 0 spiro atoms. The average molecular weight is 307 g/mol. The largest absolute Gasteiger partial charge is 0.383 e. The summed E-state index contributed by atoms with van der Waals surface area (Å²) in [6, 6.07) is 3.60. The van der Waals surface area contributed by atoms with Gasteiger partial charge in [-0.25, -0.2) is 15.0 Å². The summed E-state index contributed by atoms with van der Waals surface area (Å²) in [5, 5.41) is 6.25. The van der Waals surface area contributed by atoms with Crippen LogP contribution in [0.3, 0.4) is 0 Å². The molecule has 0 unspecified atom stereocenters. The Morgan fingerprint density at radius 3 is 3.05 bits per heavy atom. The summed E-state index contributed by atoms with van der Waals surface area (Å²) in [7, 11) is 1.82. The number of pyridine rings is 1. The second-order valence-corrected chi connectivity index (χ2v) is 5.48. The number of nitrogens with zero attached hydrogens (tertiary/aromatic N) is 5. The highest BCUT2D eigenvalue weighted by molar-refractivity contribution is 7.98. The molecule has 0 atom stereocenters. The molecule has 0 bridgehead atoms. The molecular weight excluding hydrogens is 296 g/mol. The zero-order chi connectivity index (χ0) is 14.1. The van der Waals surface area contributed by atoms with Crippen molar-refractivity contribution in [1.29, 1.82) is 0 Å². The summed E-state index contributed by atoms with van der Waals surface area (Å²) in [5.41, 5.74) is 6.64. The summed E-state index contributed by atoms with van der Waals surface area (Å²) in [6.07, 6.45) is 3.37. The highest BCUT2D eigenvalue weighted by atomic mass is 35.5. The third-order valence-electron chi connectivity index (χ3n) is 2.73. The Kier molecular flexibility index (Phi) is 3.45. The van der Waals surface area contributed by atoms with Crippen LogP contribution < -0.4 is 5.73 Å². The summed E-state index contributed by atoms with van der Waals surface area (Å²) in [4.78, 5) is 13.0. The number of fused-ring (bicyclic) bond motifs is 1. The van der Waals surface area contributed by atoms with Crippen molar-refractivity contribution in [2.24, 2.45) is 7.05 Å². The summed E-state index contributed by atoms with van der Waals surface area (Å²) in [5.74, 6) is 1.61. The molecule has 8 heteroatoms. The van der Waals surface area contributed by atoms with E-state index >= 15 is 0 Å². The van der Waals surface area contributed by atoms with Gasteiger partial charge in [-0.15, -0.1) is 0 Å². The molecule has 3 heterocycles. The first-order valence-corrected chi connectivity index (χ1v) is 7.19. The van der Waals surface area contributed by atoms with Crippen molar-refractivity contribution in [3.8, 4) is 0 Å². The molecule has 3 rings (SSSR count). The lowest BCUT2D eigenvalue weighted by Crippen LogP contribution is -2.01. The third kappa shape index (κ3) is 2.41. The van der Waals surface area contributed by atoms with Crippen LogP contribution in [0, 0.1) is 0 Å². The number of aromatic nitrogens is 5. The van der Waals surface area contributed by atoms with Crippen molar-refractivity contribution in [2.45, 2.75) is 10.8 Å². The van der Waals surface area contributed by atoms with Gasteiger partial charge in [0.1, 0.15) is 16.7 Å². The van der Waals surface area contributed by atoms with Crippen LogP contribution in [-0.2, 0) is 12.8 Å². The molecule has 102 valence electrons. The fourth-order valence-corrected chi connectivity index (χ4v) is 2.79. The minimum atomic E-state index is 0.436. The lowest BCUT2D eigenvalue weighted by atomic mass is 10.4. The van der Waals surface area contributed by atoms with E-state index in [-0.39, 0.29) is 0 Å². The number of anilines is 1. The van der Waals surface area contributed by atoms with Crippen molar-refractivity contribution in [3.05, 3.63) is 35.4 Å². The third-order valence-corrected chi connectivity index (χ3v) is 4.15. The summed E-state index contributed by atoms with van der Waals surface area (Å²) < 4.78 is 1.68. The van der Waals surface area contributed by atoms with Gasteiger partial charge in [-0.1, -0.05) is 23.4 Å². The fourth-order valence-electron chi connectivity index (χ4n) is 1.77. The Bertz CT molecular complexity index is 772. The average Bonchev–Trinajstić information content (AvgIpc) is 2.80. The quantitative estimate of drug-likeness (QED) is 0.748. The summed E-state index contributed by atoms with van der Waals surface area (Å²) >= 11 is 7.53. The molecule has 0 aliphatic heterocycles. The van der Waals surface area contributed by atoms with Gasteiger partial charge in [0, 0.05) is 13.2 Å². The Balaban J connectivity index is 1.88. The molecule has 0 saturated carbocycles. The lowest BCUT2D eigenvalue weighted by molar-refractivity contribution is 0.782. The lowest BCUT2D eigenvalue weighted by Gasteiger charge is -2.04. The maximum Gasteiger partial charge on any atom is 0.163 e. The van der Waals surface area contributed by atoms with E-state index in [1.807, 2.05) is 7.05 Å². The van der Waals surface area contributed by atoms with E-state index in [0.29, 0.717) is 22.4 Å². The van der Waals surface area contributed by atoms with Crippen LogP contribution in [-0.4, -0.2) is 24.7 Å². The molecular formula is C12H11ClN6S. The van der Waals surface area contributed by atoms with E-state index in [4.69, 9.17) is 17.3 Å². The van der Waals surface area contributed by atoms with Crippen molar-refractivity contribution in [2.75, 3.05) is 5.73 Å². The molecule has 3 aromatic rings. The van der Waals surface area contributed by atoms with Gasteiger partial charge >= 0.3 is 0 Å². The molecule has 0 radical (unpaired) electrons. The maximum absolute atomic E-state index is 6.06. The Morgan fingerprint density at radius 1 is 1.40 bits per heavy atom. The number of nitrogens with two attached hydrogens (primary N) is 1. The maximum atomic E-state index is 6.06. The van der Waals surface area contributed by atoms with Gasteiger partial charge in [0.05, 0.1) is 22.4 Å². The second kappa shape index (κ2) is 5.26. The molecule has 0 aromatic carbocycles. The molecule has 20 heavy (non-hydrogen) atoms. The van der Waals surface area contributed by atoms with Gasteiger partial charge < -0.3 is 5.73 Å². The molecule has 0 aliphatic carbocycles. The van der Waals surface area contributed by atoms with Crippen LogP contribution in [0.25, 0.3) is 11.0 Å². The summed E-state index contributed by atoms with van der Waals surface area (Å²) in [6.45, 7) is 0. The number of nitrogen functional groups attached to an aromatic ring is 1. The Morgan fingerprint density at radius 2 is 2.25 bits per heavy atom. The van der Waals surface area contributed by atoms with Crippen LogP contribution in [0.4, 0.5) is 5.82 Å². The molecule has 0 saturated heterocycles. The topological polar surface area (TPSA) is 82.5 Å². The van der Waals surface area contributed by atoms with Crippen molar-refractivity contribution >= 4 is 40.2 Å². The Hall–Kier alpha value is -1.86. The molecule has 2 N–H and O–H groups in total. The first-order valence-electron chi connectivity index (χ1n) is 5.82. The van der Waals surface area contributed by atoms with Crippen LogP contribution in [0.1, 0.15) is 5.82 Å². The van der Waals surface area contributed by atoms with Gasteiger partial charge in [0.25, 0.3) is 0 Å². The predicted octanol–water partition coefficient (Wildman–Crippen LogP) is 2.29. The number of halogens is 1. The molecule has 3 aromatic heterocycles. The van der Waals surface area contributed by atoms with Gasteiger partial charge in [0.15, 0.2) is 5.65 Å². The normalized spacial score (nSPS) is 11.1. The van der Waals surface area contributed by atoms with Crippen LogP contribution in [0.5, 0.6) is 0 Å². The van der Waals surface area contributed by atoms with Crippen molar-refractivity contribution < 1.29 is 0 Å². The van der Waals surface area contributed by atoms with E-state index < -0.39 is 0 Å². The van der Waals surface area contributed by atoms with E-state index in [1.165, 1.54) is 11.8 Å².